The Kier molecular flexibility index (Phi) is 4.19. The normalized spacial score (nSPS) is 10.2. The van der Waals surface area contributed by atoms with Crippen molar-refractivity contribution in [2.75, 3.05) is 12.4 Å². The summed E-state index contributed by atoms with van der Waals surface area (Å²) < 4.78 is 30.8. The summed E-state index contributed by atoms with van der Waals surface area (Å²) in [7, 11) is 1.24. The summed E-state index contributed by atoms with van der Waals surface area (Å²) in [6.45, 7) is 0.0514. The van der Waals surface area contributed by atoms with Gasteiger partial charge >= 0.3 is 5.97 Å². The Morgan fingerprint density at radius 2 is 2.10 bits per heavy atom. The molecule has 5 nitrogen and oxygen atoms in total. The number of nitrogens with one attached hydrogen (secondary N) is 1. The number of rotatable bonds is 4. The molecule has 1 heterocycles. The average molecular weight is 279 g/mol. The highest BCUT2D eigenvalue weighted by Crippen LogP contribution is 2.11. The van der Waals surface area contributed by atoms with Crippen LogP contribution in [0.25, 0.3) is 0 Å². The Morgan fingerprint density at radius 1 is 1.30 bits per heavy atom. The molecule has 2 rings (SSSR count). The van der Waals surface area contributed by atoms with Crippen LogP contribution in [-0.4, -0.2) is 23.0 Å². The van der Waals surface area contributed by atoms with E-state index in [0.29, 0.717) is 5.82 Å². The molecule has 0 unspecified atom stereocenters. The Balaban J connectivity index is 2.04. The molecular weight excluding hydrogens is 268 g/mol. The lowest BCUT2D eigenvalue weighted by Gasteiger charge is -2.07. The fourth-order valence-corrected chi connectivity index (χ4v) is 1.49. The molecule has 0 spiro atoms. The average Bonchev–Trinajstić information content (AvgIpc) is 2.48. The molecule has 0 saturated heterocycles. The van der Waals surface area contributed by atoms with Crippen LogP contribution in [-0.2, 0) is 11.3 Å². The molecule has 0 aliphatic rings. The largest absolute Gasteiger partial charge is 0.464 e. The molecule has 1 aromatic heterocycles. The minimum Gasteiger partial charge on any atom is -0.464 e. The van der Waals surface area contributed by atoms with Crippen molar-refractivity contribution < 1.29 is 18.3 Å². The molecule has 1 N–H and O–H groups in total. The van der Waals surface area contributed by atoms with E-state index >= 15 is 0 Å². The van der Waals surface area contributed by atoms with Crippen molar-refractivity contribution in [3.8, 4) is 0 Å². The third-order valence-electron chi connectivity index (χ3n) is 2.51. The Morgan fingerprint density at radius 3 is 2.75 bits per heavy atom. The van der Waals surface area contributed by atoms with Crippen LogP contribution < -0.4 is 5.32 Å². The summed E-state index contributed by atoms with van der Waals surface area (Å²) in [5.74, 6) is -1.30. The fourth-order valence-electron chi connectivity index (χ4n) is 1.49. The van der Waals surface area contributed by atoms with Gasteiger partial charge in [0, 0.05) is 12.1 Å². The van der Waals surface area contributed by atoms with Gasteiger partial charge in [0.05, 0.1) is 19.5 Å². The number of hydrogen-bond acceptors (Lipinski definition) is 5. The van der Waals surface area contributed by atoms with Crippen molar-refractivity contribution in [1.29, 1.82) is 0 Å². The number of hydrogen-bond donors (Lipinski definition) is 1. The maximum Gasteiger partial charge on any atom is 0.358 e. The number of benzene rings is 1. The van der Waals surface area contributed by atoms with E-state index in [1.54, 1.807) is 0 Å². The number of aromatic nitrogens is 2. The third-order valence-corrected chi connectivity index (χ3v) is 2.51. The van der Waals surface area contributed by atoms with Gasteiger partial charge in [0.25, 0.3) is 0 Å². The molecule has 7 heteroatoms. The van der Waals surface area contributed by atoms with E-state index in [2.05, 4.69) is 20.0 Å². The van der Waals surface area contributed by atoms with E-state index in [1.165, 1.54) is 19.5 Å². The van der Waals surface area contributed by atoms with Gasteiger partial charge in [0.2, 0.25) is 0 Å². The quantitative estimate of drug-likeness (QED) is 0.869. The highest BCUT2D eigenvalue weighted by Gasteiger charge is 2.08. The molecule has 0 atom stereocenters. The summed E-state index contributed by atoms with van der Waals surface area (Å²) in [4.78, 5) is 18.9. The lowest BCUT2D eigenvalue weighted by molar-refractivity contribution is 0.0593. The molecule has 0 aliphatic carbocycles. The molecule has 0 bridgehead atoms. The monoisotopic (exact) mass is 279 g/mol. The van der Waals surface area contributed by atoms with Gasteiger partial charge in [0.15, 0.2) is 5.69 Å². The van der Waals surface area contributed by atoms with E-state index in [9.17, 15) is 13.6 Å². The van der Waals surface area contributed by atoms with Crippen molar-refractivity contribution in [2.24, 2.45) is 0 Å². The molecule has 20 heavy (non-hydrogen) atoms. The first-order chi connectivity index (χ1) is 9.60. The Hall–Kier alpha value is -2.57. The Bertz CT molecular complexity index is 618. The summed E-state index contributed by atoms with van der Waals surface area (Å²) in [6.07, 6.45) is 2.54. The third kappa shape index (κ3) is 3.25. The maximum atomic E-state index is 13.4. The number of ether oxygens (including phenoxy) is 1. The minimum atomic E-state index is -0.597. The van der Waals surface area contributed by atoms with Crippen molar-refractivity contribution in [3.63, 3.8) is 0 Å². The second kappa shape index (κ2) is 6.05. The number of carbonyl (C=O) groups is 1. The summed E-state index contributed by atoms with van der Waals surface area (Å²) in [5, 5.41) is 2.78. The zero-order chi connectivity index (χ0) is 14.5. The number of esters is 1. The predicted molar refractivity (Wildman–Crippen MR) is 67.1 cm³/mol. The highest BCUT2D eigenvalue weighted by molar-refractivity contribution is 5.86. The molecule has 0 aliphatic heterocycles. The van der Waals surface area contributed by atoms with Crippen LogP contribution in [0, 0.1) is 11.6 Å². The number of methoxy groups -OCH3 is 1. The lowest BCUT2D eigenvalue weighted by atomic mass is 10.2. The molecular formula is C13H11F2N3O2. The van der Waals surface area contributed by atoms with Crippen molar-refractivity contribution >= 4 is 11.8 Å². The molecule has 0 fully saturated rings. The molecule has 0 amide bonds. The summed E-state index contributed by atoms with van der Waals surface area (Å²) in [6, 6.07) is 3.20. The van der Waals surface area contributed by atoms with E-state index in [-0.39, 0.29) is 17.8 Å². The van der Waals surface area contributed by atoms with E-state index in [1.807, 2.05) is 0 Å². The van der Waals surface area contributed by atoms with Crippen molar-refractivity contribution in [1.82, 2.24) is 9.97 Å². The van der Waals surface area contributed by atoms with Gasteiger partial charge in [-0.1, -0.05) is 0 Å². The number of carbonyl (C=O) groups excluding carboxylic acids is 1. The number of halogens is 2. The van der Waals surface area contributed by atoms with Crippen molar-refractivity contribution in [3.05, 3.63) is 53.5 Å². The van der Waals surface area contributed by atoms with Crippen LogP contribution in [0.3, 0.4) is 0 Å². The minimum absolute atomic E-state index is 0.0514. The first-order valence-electron chi connectivity index (χ1n) is 5.68. The first-order valence-corrected chi connectivity index (χ1v) is 5.68. The standard InChI is InChI=1S/C13H11F2N3O2/c1-20-13(19)11-6-18-12(7-16-11)17-5-8-4-9(14)2-3-10(8)15/h2-4,6-7H,5H2,1H3,(H,17,18). The van der Waals surface area contributed by atoms with Crippen LogP contribution in [0.15, 0.2) is 30.6 Å². The second-order valence-corrected chi connectivity index (χ2v) is 3.87. The van der Waals surface area contributed by atoms with Gasteiger partial charge in [-0.25, -0.2) is 23.5 Å². The maximum absolute atomic E-state index is 13.4. The summed E-state index contributed by atoms with van der Waals surface area (Å²) in [5.41, 5.74) is 0.235. The van der Waals surface area contributed by atoms with Gasteiger partial charge in [0.1, 0.15) is 17.5 Å². The van der Waals surface area contributed by atoms with Crippen LogP contribution in [0.2, 0.25) is 0 Å². The predicted octanol–water partition coefficient (Wildman–Crippen LogP) is 2.15. The van der Waals surface area contributed by atoms with Gasteiger partial charge in [-0.3, -0.25) is 0 Å². The van der Waals surface area contributed by atoms with Gasteiger partial charge in [-0.05, 0) is 18.2 Å². The van der Waals surface area contributed by atoms with Crippen LogP contribution in [0.1, 0.15) is 16.1 Å². The van der Waals surface area contributed by atoms with Gasteiger partial charge < -0.3 is 10.1 Å². The van der Waals surface area contributed by atoms with Crippen molar-refractivity contribution in [2.45, 2.75) is 6.54 Å². The number of anilines is 1. The molecule has 104 valence electrons. The highest BCUT2D eigenvalue weighted by atomic mass is 19.1. The van der Waals surface area contributed by atoms with Crippen LogP contribution in [0.4, 0.5) is 14.6 Å². The SMILES string of the molecule is COC(=O)c1cnc(NCc2cc(F)ccc2F)cn1. The van der Waals surface area contributed by atoms with Gasteiger partial charge in [-0.2, -0.15) is 0 Å². The fraction of sp³-hybridized carbons (Fsp3) is 0.154. The molecule has 1 aromatic carbocycles. The molecule has 0 radical (unpaired) electrons. The zero-order valence-electron chi connectivity index (χ0n) is 10.6. The van der Waals surface area contributed by atoms with Gasteiger partial charge in [-0.15, -0.1) is 0 Å². The summed E-state index contributed by atoms with van der Waals surface area (Å²) >= 11 is 0. The number of nitrogens with zero attached hydrogens (tertiary/aromatic N) is 2. The van der Waals surface area contributed by atoms with E-state index in [4.69, 9.17) is 0 Å². The topological polar surface area (TPSA) is 64.1 Å². The van der Waals surface area contributed by atoms with E-state index < -0.39 is 17.6 Å². The van der Waals surface area contributed by atoms with Crippen LogP contribution in [0.5, 0.6) is 0 Å². The molecule has 0 saturated carbocycles. The smallest absolute Gasteiger partial charge is 0.358 e. The second-order valence-electron chi connectivity index (χ2n) is 3.87. The molecule has 2 aromatic rings. The zero-order valence-corrected chi connectivity index (χ0v) is 10.6. The Labute approximate surface area is 113 Å². The van der Waals surface area contributed by atoms with E-state index in [0.717, 1.165) is 18.2 Å². The van der Waals surface area contributed by atoms with Crippen LogP contribution >= 0.6 is 0 Å². The lowest BCUT2D eigenvalue weighted by Crippen LogP contribution is -2.08. The first kappa shape index (κ1) is 13.9.